The minimum absolute atomic E-state index is 0.253. The van der Waals surface area contributed by atoms with Crippen molar-refractivity contribution in [3.63, 3.8) is 0 Å². The van der Waals surface area contributed by atoms with Crippen LogP contribution in [0.15, 0.2) is 29.3 Å². The molecule has 0 aliphatic carbocycles. The van der Waals surface area contributed by atoms with E-state index in [1.807, 2.05) is 13.0 Å². The molecular weight excluding hydrogens is 222 g/mol. The lowest BCUT2D eigenvalue weighted by molar-refractivity contribution is 0.0694. The summed E-state index contributed by atoms with van der Waals surface area (Å²) in [6.45, 7) is 1.88. The topological polar surface area (TPSA) is 95.9 Å². The van der Waals surface area contributed by atoms with Gasteiger partial charge in [-0.3, -0.25) is 9.78 Å². The Morgan fingerprint density at radius 1 is 1.41 bits per heavy atom. The summed E-state index contributed by atoms with van der Waals surface area (Å²) in [4.78, 5) is 32.4. The molecule has 0 aromatic carbocycles. The quantitative estimate of drug-likeness (QED) is 0.798. The second-order valence-corrected chi connectivity index (χ2v) is 3.50. The fourth-order valence-electron chi connectivity index (χ4n) is 1.34. The molecule has 0 unspecified atom stereocenters. The number of aryl methyl sites for hydroxylation is 1. The molecule has 2 aromatic heterocycles. The molecular formula is C11H9N3O3. The van der Waals surface area contributed by atoms with Gasteiger partial charge in [0.25, 0.3) is 5.56 Å². The first-order valence-corrected chi connectivity index (χ1v) is 4.83. The molecule has 86 valence electrons. The molecule has 6 nitrogen and oxygen atoms in total. The molecule has 0 fully saturated rings. The van der Waals surface area contributed by atoms with Crippen LogP contribution in [-0.4, -0.2) is 26.0 Å². The summed E-state index contributed by atoms with van der Waals surface area (Å²) < 4.78 is 0. The van der Waals surface area contributed by atoms with E-state index in [0.717, 1.165) is 11.8 Å². The van der Waals surface area contributed by atoms with Crippen LogP contribution < -0.4 is 5.56 Å². The average molecular weight is 231 g/mol. The van der Waals surface area contributed by atoms with Gasteiger partial charge in [-0.05, 0) is 24.6 Å². The van der Waals surface area contributed by atoms with Gasteiger partial charge in [0.05, 0.1) is 0 Å². The molecule has 0 aliphatic rings. The lowest BCUT2D eigenvalue weighted by Gasteiger charge is -2.01. The molecule has 0 saturated carbocycles. The second kappa shape index (κ2) is 4.17. The summed E-state index contributed by atoms with van der Waals surface area (Å²) in [6, 6.07) is 3.56. The van der Waals surface area contributed by atoms with Gasteiger partial charge in [-0.15, -0.1) is 0 Å². The van der Waals surface area contributed by atoms with Crippen molar-refractivity contribution in [3.8, 4) is 11.5 Å². The zero-order chi connectivity index (χ0) is 12.4. The van der Waals surface area contributed by atoms with E-state index < -0.39 is 11.5 Å². The van der Waals surface area contributed by atoms with Crippen molar-refractivity contribution in [1.82, 2.24) is 15.0 Å². The largest absolute Gasteiger partial charge is 0.477 e. The lowest BCUT2D eigenvalue weighted by atomic mass is 10.2. The van der Waals surface area contributed by atoms with Crippen molar-refractivity contribution in [3.05, 3.63) is 46.0 Å². The maximum absolute atomic E-state index is 11.4. The number of carboxylic acids is 1. The van der Waals surface area contributed by atoms with Crippen molar-refractivity contribution in [2.24, 2.45) is 0 Å². The van der Waals surface area contributed by atoms with Gasteiger partial charge in [0.2, 0.25) is 0 Å². The zero-order valence-electron chi connectivity index (χ0n) is 8.97. The predicted octanol–water partition coefficient (Wildman–Crippen LogP) is 0.839. The third-order valence-electron chi connectivity index (χ3n) is 2.19. The van der Waals surface area contributed by atoms with Crippen LogP contribution in [0, 0.1) is 6.92 Å². The van der Waals surface area contributed by atoms with Gasteiger partial charge < -0.3 is 10.1 Å². The van der Waals surface area contributed by atoms with Gasteiger partial charge in [-0.1, -0.05) is 0 Å². The maximum Gasteiger partial charge on any atom is 0.342 e. The molecule has 0 spiro atoms. The number of aromatic carboxylic acids is 1. The number of pyridine rings is 1. The molecule has 2 aromatic rings. The van der Waals surface area contributed by atoms with E-state index in [4.69, 9.17) is 5.11 Å². The molecule has 2 heterocycles. The Bertz CT molecular complexity index is 634. The third kappa shape index (κ3) is 2.20. The fraction of sp³-hybridized carbons (Fsp3) is 0.0909. The Hall–Kier alpha value is -2.50. The third-order valence-corrected chi connectivity index (χ3v) is 2.19. The zero-order valence-corrected chi connectivity index (χ0v) is 8.97. The van der Waals surface area contributed by atoms with E-state index >= 15 is 0 Å². The number of aromatic nitrogens is 3. The number of hydrogen-bond acceptors (Lipinski definition) is 4. The van der Waals surface area contributed by atoms with Crippen LogP contribution in [0.1, 0.15) is 15.9 Å². The molecule has 2 rings (SSSR count). The second-order valence-electron chi connectivity index (χ2n) is 3.50. The number of rotatable bonds is 2. The van der Waals surface area contributed by atoms with Gasteiger partial charge in [0, 0.05) is 12.4 Å². The van der Waals surface area contributed by atoms with Gasteiger partial charge in [-0.25, -0.2) is 9.78 Å². The lowest BCUT2D eigenvalue weighted by Crippen LogP contribution is -2.18. The molecule has 2 N–H and O–H groups in total. The molecule has 17 heavy (non-hydrogen) atoms. The van der Waals surface area contributed by atoms with E-state index in [2.05, 4.69) is 15.0 Å². The van der Waals surface area contributed by atoms with Crippen LogP contribution in [-0.2, 0) is 0 Å². The van der Waals surface area contributed by atoms with Crippen LogP contribution in [0.3, 0.4) is 0 Å². The summed E-state index contributed by atoms with van der Waals surface area (Å²) in [5.74, 6) is -1.05. The van der Waals surface area contributed by atoms with Crippen molar-refractivity contribution in [1.29, 1.82) is 0 Å². The Kier molecular flexibility index (Phi) is 2.70. The van der Waals surface area contributed by atoms with E-state index in [-0.39, 0.29) is 11.4 Å². The first kappa shape index (κ1) is 11.0. The molecule has 0 aliphatic heterocycles. The minimum Gasteiger partial charge on any atom is -0.477 e. The molecule has 0 atom stereocenters. The SMILES string of the molecule is Cc1ccnc(-c2ncc(C(=O)O)c(=O)[nH]2)c1. The highest BCUT2D eigenvalue weighted by molar-refractivity contribution is 5.86. The maximum atomic E-state index is 11.4. The van der Waals surface area contributed by atoms with E-state index in [9.17, 15) is 9.59 Å². The highest BCUT2D eigenvalue weighted by atomic mass is 16.4. The van der Waals surface area contributed by atoms with Crippen LogP contribution in [0.2, 0.25) is 0 Å². The van der Waals surface area contributed by atoms with Gasteiger partial charge in [0.1, 0.15) is 11.3 Å². The molecule has 0 bridgehead atoms. The summed E-state index contributed by atoms with van der Waals surface area (Å²) in [7, 11) is 0. The van der Waals surface area contributed by atoms with Crippen molar-refractivity contribution in [2.75, 3.05) is 0 Å². The predicted molar refractivity (Wildman–Crippen MR) is 59.8 cm³/mol. The van der Waals surface area contributed by atoms with Crippen molar-refractivity contribution in [2.45, 2.75) is 6.92 Å². The number of aromatic amines is 1. The highest BCUT2D eigenvalue weighted by Gasteiger charge is 2.11. The van der Waals surface area contributed by atoms with Gasteiger partial charge >= 0.3 is 5.97 Å². The summed E-state index contributed by atoms with van der Waals surface area (Å²) >= 11 is 0. The van der Waals surface area contributed by atoms with Crippen LogP contribution in [0.4, 0.5) is 0 Å². The smallest absolute Gasteiger partial charge is 0.342 e. The Morgan fingerprint density at radius 3 is 2.76 bits per heavy atom. The average Bonchev–Trinajstić information content (AvgIpc) is 2.28. The number of hydrogen-bond donors (Lipinski definition) is 2. The van der Waals surface area contributed by atoms with Crippen LogP contribution in [0.5, 0.6) is 0 Å². The first-order chi connectivity index (χ1) is 8.08. The van der Waals surface area contributed by atoms with Gasteiger partial charge in [0.15, 0.2) is 5.82 Å². The summed E-state index contributed by atoms with van der Waals surface area (Å²) in [5.41, 5.74) is 0.395. The van der Waals surface area contributed by atoms with Crippen LogP contribution >= 0.6 is 0 Å². The Balaban J connectivity index is 2.52. The number of H-pyrrole nitrogens is 1. The molecule has 0 radical (unpaired) electrons. The van der Waals surface area contributed by atoms with E-state index in [1.165, 1.54) is 0 Å². The summed E-state index contributed by atoms with van der Waals surface area (Å²) in [5, 5.41) is 8.70. The van der Waals surface area contributed by atoms with E-state index in [0.29, 0.717) is 5.69 Å². The Labute approximate surface area is 96.0 Å². The molecule has 0 amide bonds. The van der Waals surface area contributed by atoms with Gasteiger partial charge in [-0.2, -0.15) is 0 Å². The number of carboxylic acid groups (broad SMARTS) is 1. The normalized spacial score (nSPS) is 10.2. The molecule has 6 heteroatoms. The molecule has 0 saturated heterocycles. The summed E-state index contributed by atoms with van der Waals surface area (Å²) in [6.07, 6.45) is 2.62. The number of nitrogens with zero attached hydrogens (tertiary/aromatic N) is 2. The Morgan fingerprint density at radius 2 is 2.18 bits per heavy atom. The number of nitrogens with one attached hydrogen (secondary N) is 1. The number of carbonyl (C=O) groups is 1. The van der Waals surface area contributed by atoms with E-state index in [1.54, 1.807) is 12.3 Å². The highest BCUT2D eigenvalue weighted by Crippen LogP contribution is 2.10. The fourth-order valence-corrected chi connectivity index (χ4v) is 1.34. The van der Waals surface area contributed by atoms with Crippen molar-refractivity contribution >= 4 is 5.97 Å². The van der Waals surface area contributed by atoms with Crippen molar-refractivity contribution < 1.29 is 9.90 Å². The van der Waals surface area contributed by atoms with Crippen LogP contribution in [0.25, 0.3) is 11.5 Å². The standard InChI is InChI=1S/C11H9N3O3/c1-6-2-3-12-8(4-6)9-13-5-7(11(16)17)10(15)14-9/h2-5H,1H3,(H,16,17)(H,13,14,15). The first-order valence-electron chi connectivity index (χ1n) is 4.83. The minimum atomic E-state index is -1.30. The monoisotopic (exact) mass is 231 g/mol.